The number of nitrogens with zero attached hydrogens (tertiary/aromatic N) is 2. The minimum Gasteiger partial charge on any atom is -0.265 e. The Hall–Kier alpha value is -1.70. The molecule has 0 saturated carbocycles. The molecule has 2 heterocycles. The van der Waals surface area contributed by atoms with Gasteiger partial charge < -0.3 is 0 Å². The van der Waals surface area contributed by atoms with Crippen LogP contribution in [0.1, 0.15) is 116 Å². The molecule has 0 N–H and O–H groups in total. The molecule has 0 bridgehead atoms. The van der Waals surface area contributed by atoms with Crippen LogP contribution in [0, 0.1) is 11.8 Å². The van der Waals surface area contributed by atoms with Crippen LogP contribution in [0.15, 0.2) is 97.7 Å². The number of hydrogen-bond donors (Lipinski definition) is 0. The summed E-state index contributed by atoms with van der Waals surface area (Å²) in [4.78, 5) is 4.06. The van der Waals surface area contributed by atoms with Gasteiger partial charge >= 0.3 is 0 Å². The van der Waals surface area contributed by atoms with Crippen LogP contribution < -0.4 is 4.57 Å². The predicted molar refractivity (Wildman–Crippen MR) is 178 cm³/mol. The van der Waals surface area contributed by atoms with Gasteiger partial charge in [-0.1, -0.05) is 74.8 Å². The van der Waals surface area contributed by atoms with Gasteiger partial charge in [0.2, 0.25) is 0 Å². The zero-order valence-corrected chi connectivity index (χ0v) is 28.9. The van der Waals surface area contributed by atoms with E-state index < -0.39 is 0 Å². The normalized spacial score (nSPS) is 18.8. The Kier molecular flexibility index (Phi) is 24.4. The fourth-order valence-electron chi connectivity index (χ4n) is 5.75. The molecule has 2 aromatic heterocycles. The molecule has 4 heteroatoms. The summed E-state index contributed by atoms with van der Waals surface area (Å²) >= 11 is 0. The predicted octanol–water partition coefficient (Wildman–Crippen LogP) is 11.2. The van der Waals surface area contributed by atoms with Gasteiger partial charge in [-0.2, -0.15) is 0 Å². The second-order valence-electron chi connectivity index (χ2n) is 11.9. The second-order valence-corrected chi connectivity index (χ2v) is 11.9. The Morgan fingerprint density at radius 3 is 1.51 bits per heavy atom. The van der Waals surface area contributed by atoms with E-state index in [1.54, 1.807) is 0 Å². The van der Waals surface area contributed by atoms with Crippen molar-refractivity contribution in [2.24, 2.45) is 11.8 Å². The van der Waals surface area contributed by atoms with Crippen molar-refractivity contribution in [2.75, 3.05) is 0 Å². The number of aryl methyl sites for hydroxylation is 1. The fraction of sp³-hybridized carbons (Fsp3) is 0.538. The monoisotopic (exact) mass is 665 g/mol. The Morgan fingerprint density at radius 2 is 1.09 bits per heavy atom. The first kappa shape index (κ1) is 39.3. The third kappa shape index (κ3) is 18.6. The minimum atomic E-state index is 0. The van der Waals surface area contributed by atoms with Crippen LogP contribution in [0.5, 0.6) is 0 Å². The van der Waals surface area contributed by atoms with Crippen LogP contribution in [0.3, 0.4) is 0 Å². The van der Waals surface area contributed by atoms with Gasteiger partial charge in [-0.05, 0) is 119 Å². The van der Waals surface area contributed by atoms with Gasteiger partial charge in [0.1, 0.15) is 6.54 Å². The molecule has 2 aromatic rings. The number of rotatable bonds is 10. The topological polar surface area (TPSA) is 16.8 Å². The zero-order chi connectivity index (χ0) is 28.6. The number of aromatic nitrogens is 2. The standard InChI is InChI=1S/C19H23N2.C10H18.2C5H8.2Fe/c1-2-6-17(5-1)7-3-4-14-21-15-10-19(11-16-21)18-8-12-20-13-9-18;1-2-3-4-7-10-8-5-6-9-10;2*1-2-4-5-3-1;;/h1,5,8-13,15-17H,2-4,6-7,14H2;5,8,10H,2-4,6-7,9H2,1H3;2*1-2H,3-5H2;;/q+1;;;;;/t17-;10-;;;;/m11..../s1. The van der Waals surface area contributed by atoms with E-state index in [0.717, 1.165) is 18.4 Å². The summed E-state index contributed by atoms with van der Waals surface area (Å²) in [6.07, 6.45) is 49.5. The van der Waals surface area contributed by atoms with Crippen LogP contribution in [-0.4, -0.2) is 4.98 Å². The Morgan fingerprint density at radius 1 is 0.605 bits per heavy atom. The van der Waals surface area contributed by atoms with E-state index in [1.807, 2.05) is 12.4 Å². The van der Waals surface area contributed by atoms with Crippen molar-refractivity contribution in [2.45, 2.75) is 123 Å². The average Bonchev–Trinajstić information content (AvgIpc) is 3.87. The van der Waals surface area contributed by atoms with E-state index in [9.17, 15) is 0 Å². The van der Waals surface area contributed by atoms with E-state index in [-0.39, 0.29) is 34.1 Å². The Labute approximate surface area is 285 Å². The summed E-state index contributed by atoms with van der Waals surface area (Å²) in [5.74, 6) is 1.79. The number of allylic oxidation sites excluding steroid dienone is 8. The van der Waals surface area contributed by atoms with E-state index in [1.165, 1.54) is 120 Å². The molecule has 6 rings (SSSR count). The van der Waals surface area contributed by atoms with Crippen LogP contribution in [-0.2, 0) is 40.7 Å². The van der Waals surface area contributed by atoms with Crippen LogP contribution in [0.4, 0.5) is 0 Å². The SMILES string of the molecule is C1=CCCC1.C1=CCCC1.C1=C[C@@H](CCCC[n+]2ccc(-c3ccncc3)cc2)CC1.CCCCC[C@@H]1C=CCC1.[Fe].[Fe]. The molecule has 4 aliphatic rings. The third-order valence-electron chi connectivity index (χ3n) is 8.37. The maximum Gasteiger partial charge on any atom is 0.169 e. The van der Waals surface area contributed by atoms with Gasteiger partial charge in [-0.15, -0.1) is 0 Å². The van der Waals surface area contributed by atoms with Crippen LogP contribution in [0.2, 0.25) is 0 Å². The van der Waals surface area contributed by atoms with Crippen molar-refractivity contribution in [3.8, 4) is 11.1 Å². The number of unbranched alkanes of at least 4 members (excludes halogenated alkanes) is 3. The average molecular weight is 666 g/mol. The molecule has 0 saturated heterocycles. The van der Waals surface area contributed by atoms with Gasteiger partial charge in [-0.25, -0.2) is 4.57 Å². The zero-order valence-electron chi connectivity index (χ0n) is 26.7. The molecular formula is C39H57Fe2N2+. The van der Waals surface area contributed by atoms with E-state index in [0.29, 0.717) is 0 Å². The van der Waals surface area contributed by atoms with E-state index >= 15 is 0 Å². The summed E-state index contributed by atoms with van der Waals surface area (Å²) in [5.41, 5.74) is 2.48. The van der Waals surface area contributed by atoms with Crippen molar-refractivity contribution in [1.29, 1.82) is 0 Å². The smallest absolute Gasteiger partial charge is 0.169 e. The Balaban J connectivity index is 0.000000347. The van der Waals surface area contributed by atoms with Gasteiger partial charge in [-0.3, -0.25) is 4.98 Å². The molecule has 0 radical (unpaired) electrons. The molecule has 0 aromatic carbocycles. The quantitative estimate of drug-likeness (QED) is 0.107. The first-order valence-corrected chi connectivity index (χ1v) is 16.9. The van der Waals surface area contributed by atoms with Crippen molar-refractivity contribution in [3.63, 3.8) is 0 Å². The van der Waals surface area contributed by atoms with Gasteiger partial charge in [0.15, 0.2) is 12.4 Å². The molecule has 2 atom stereocenters. The molecular weight excluding hydrogens is 608 g/mol. The van der Waals surface area contributed by atoms with Crippen molar-refractivity contribution in [1.82, 2.24) is 4.98 Å². The van der Waals surface area contributed by atoms with Crippen LogP contribution in [0.25, 0.3) is 11.1 Å². The van der Waals surface area contributed by atoms with Crippen molar-refractivity contribution in [3.05, 3.63) is 97.7 Å². The molecule has 0 spiro atoms. The van der Waals surface area contributed by atoms with Crippen molar-refractivity contribution < 1.29 is 38.7 Å². The molecule has 238 valence electrons. The maximum atomic E-state index is 4.06. The summed E-state index contributed by atoms with van der Waals surface area (Å²) in [5, 5.41) is 0. The molecule has 4 aliphatic carbocycles. The van der Waals surface area contributed by atoms with Crippen LogP contribution >= 0.6 is 0 Å². The molecule has 0 fully saturated rings. The molecule has 43 heavy (non-hydrogen) atoms. The summed E-state index contributed by atoms with van der Waals surface area (Å²) in [7, 11) is 0. The molecule has 0 amide bonds. The van der Waals surface area contributed by atoms with E-state index in [2.05, 4.69) is 102 Å². The fourth-order valence-corrected chi connectivity index (χ4v) is 5.75. The third-order valence-corrected chi connectivity index (χ3v) is 8.37. The minimum absolute atomic E-state index is 0. The largest absolute Gasteiger partial charge is 0.265 e. The first-order chi connectivity index (χ1) is 20.3. The molecule has 0 aliphatic heterocycles. The maximum absolute atomic E-state index is 4.06. The summed E-state index contributed by atoms with van der Waals surface area (Å²) in [6.45, 7) is 3.39. The molecule has 0 unspecified atom stereocenters. The van der Waals surface area contributed by atoms with Crippen molar-refractivity contribution >= 4 is 0 Å². The van der Waals surface area contributed by atoms with Gasteiger partial charge in [0, 0.05) is 65.1 Å². The summed E-state index contributed by atoms with van der Waals surface area (Å²) in [6, 6.07) is 8.48. The number of pyridine rings is 2. The van der Waals surface area contributed by atoms with Gasteiger partial charge in [0.05, 0.1) is 0 Å². The number of hydrogen-bond acceptors (Lipinski definition) is 1. The van der Waals surface area contributed by atoms with Gasteiger partial charge in [0.25, 0.3) is 0 Å². The second kappa shape index (κ2) is 26.7. The Bertz CT molecular complexity index is 999. The summed E-state index contributed by atoms with van der Waals surface area (Å²) < 4.78 is 2.29. The van der Waals surface area contributed by atoms with E-state index in [4.69, 9.17) is 0 Å². The molecule has 2 nitrogen and oxygen atoms in total. The first-order valence-electron chi connectivity index (χ1n) is 16.9.